The maximum atomic E-state index is 13.2. The van der Waals surface area contributed by atoms with Crippen molar-refractivity contribution in [2.75, 3.05) is 31.1 Å². The standard InChI is InChI=1S/C20H24N6O/c1-20(2,3)18-23-16(15-7-4-5-10-26(15)18)17(27)24-11-13-25(14-12-24)19-21-8-6-9-22-19/h4-10H,11-14H2,1-3H3. The van der Waals surface area contributed by atoms with Crippen LogP contribution in [0.2, 0.25) is 0 Å². The number of pyridine rings is 1. The van der Waals surface area contributed by atoms with Crippen LogP contribution < -0.4 is 4.90 Å². The van der Waals surface area contributed by atoms with E-state index in [1.165, 1.54) is 0 Å². The van der Waals surface area contributed by atoms with Crippen LogP contribution in [0.3, 0.4) is 0 Å². The molecule has 3 aromatic heterocycles. The summed E-state index contributed by atoms with van der Waals surface area (Å²) in [6, 6.07) is 7.69. The van der Waals surface area contributed by atoms with E-state index in [4.69, 9.17) is 4.98 Å². The van der Waals surface area contributed by atoms with Crippen molar-refractivity contribution in [2.45, 2.75) is 26.2 Å². The van der Waals surface area contributed by atoms with Gasteiger partial charge in [0.05, 0.1) is 5.52 Å². The summed E-state index contributed by atoms with van der Waals surface area (Å²) in [6.07, 6.45) is 5.46. The Morgan fingerprint density at radius 2 is 1.70 bits per heavy atom. The van der Waals surface area contributed by atoms with Gasteiger partial charge in [0.15, 0.2) is 5.69 Å². The molecule has 140 valence electrons. The van der Waals surface area contributed by atoms with Crippen LogP contribution in [0.25, 0.3) is 5.52 Å². The number of aromatic nitrogens is 4. The maximum Gasteiger partial charge on any atom is 0.274 e. The zero-order chi connectivity index (χ0) is 19.0. The van der Waals surface area contributed by atoms with Crippen molar-refractivity contribution in [1.29, 1.82) is 0 Å². The molecule has 1 saturated heterocycles. The molecule has 3 aromatic rings. The molecule has 0 atom stereocenters. The zero-order valence-corrected chi connectivity index (χ0v) is 16.0. The van der Waals surface area contributed by atoms with Crippen LogP contribution in [0.4, 0.5) is 5.95 Å². The lowest BCUT2D eigenvalue weighted by Gasteiger charge is -2.34. The van der Waals surface area contributed by atoms with Crippen molar-refractivity contribution in [3.8, 4) is 0 Å². The zero-order valence-electron chi connectivity index (χ0n) is 16.0. The fourth-order valence-electron chi connectivity index (χ4n) is 3.44. The van der Waals surface area contributed by atoms with Crippen LogP contribution in [-0.4, -0.2) is 56.3 Å². The number of carbonyl (C=O) groups is 1. The number of fused-ring (bicyclic) bond motifs is 1. The molecule has 4 heterocycles. The molecule has 1 fully saturated rings. The molecule has 0 unspecified atom stereocenters. The molecule has 0 saturated carbocycles. The highest BCUT2D eigenvalue weighted by Gasteiger charge is 2.29. The molecule has 7 heteroatoms. The molecule has 0 radical (unpaired) electrons. The summed E-state index contributed by atoms with van der Waals surface area (Å²) in [4.78, 5) is 30.5. The van der Waals surface area contributed by atoms with Crippen molar-refractivity contribution in [2.24, 2.45) is 0 Å². The predicted octanol–water partition coefficient (Wildman–Crippen LogP) is 2.38. The van der Waals surface area contributed by atoms with Gasteiger partial charge in [-0.15, -0.1) is 0 Å². The van der Waals surface area contributed by atoms with Gasteiger partial charge in [0.1, 0.15) is 5.82 Å². The van der Waals surface area contributed by atoms with Gasteiger partial charge in [-0.2, -0.15) is 0 Å². The molecule has 4 rings (SSSR count). The Balaban J connectivity index is 1.58. The van der Waals surface area contributed by atoms with Crippen LogP contribution in [0, 0.1) is 0 Å². The summed E-state index contributed by atoms with van der Waals surface area (Å²) in [5.41, 5.74) is 1.25. The molecule has 7 nitrogen and oxygen atoms in total. The van der Waals surface area contributed by atoms with Gasteiger partial charge in [0.2, 0.25) is 5.95 Å². The van der Waals surface area contributed by atoms with Crippen molar-refractivity contribution >= 4 is 17.4 Å². The molecule has 1 aliphatic rings. The average Bonchev–Trinajstić information content (AvgIpc) is 3.08. The van der Waals surface area contributed by atoms with E-state index in [9.17, 15) is 4.79 Å². The normalized spacial score (nSPS) is 15.4. The van der Waals surface area contributed by atoms with E-state index >= 15 is 0 Å². The molecular formula is C20H24N6O. The first-order chi connectivity index (χ1) is 12.9. The second-order valence-electron chi connectivity index (χ2n) is 7.82. The minimum Gasteiger partial charge on any atom is -0.337 e. The van der Waals surface area contributed by atoms with Crippen LogP contribution in [-0.2, 0) is 5.41 Å². The first-order valence-corrected chi connectivity index (χ1v) is 9.24. The minimum atomic E-state index is -0.147. The van der Waals surface area contributed by atoms with Crippen molar-refractivity contribution in [3.63, 3.8) is 0 Å². The first kappa shape index (κ1) is 17.5. The van der Waals surface area contributed by atoms with Crippen LogP contribution in [0.15, 0.2) is 42.9 Å². The van der Waals surface area contributed by atoms with Crippen molar-refractivity contribution in [1.82, 2.24) is 24.3 Å². The topological polar surface area (TPSA) is 66.6 Å². The quantitative estimate of drug-likeness (QED) is 0.698. The molecule has 1 aliphatic heterocycles. The highest BCUT2D eigenvalue weighted by atomic mass is 16.2. The second-order valence-corrected chi connectivity index (χ2v) is 7.82. The molecule has 0 aliphatic carbocycles. The Morgan fingerprint density at radius 3 is 2.37 bits per heavy atom. The molecule has 0 bridgehead atoms. The van der Waals surface area contributed by atoms with Gasteiger partial charge in [-0.05, 0) is 18.2 Å². The van der Waals surface area contributed by atoms with E-state index in [1.807, 2.05) is 33.7 Å². The molecule has 0 aromatic carbocycles. The number of carbonyl (C=O) groups excluding carboxylic acids is 1. The van der Waals surface area contributed by atoms with Crippen LogP contribution in [0.5, 0.6) is 0 Å². The highest BCUT2D eigenvalue weighted by molar-refractivity contribution is 5.99. The maximum absolute atomic E-state index is 13.2. The van der Waals surface area contributed by atoms with E-state index in [1.54, 1.807) is 18.5 Å². The Morgan fingerprint density at radius 1 is 1.00 bits per heavy atom. The lowest BCUT2D eigenvalue weighted by Crippen LogP contribution is -2.49. The van der Waals surface area contributed by atoms with E-state index in [0.717, 1.165) is 11.3 Å². The Bertz CT molecular complexity index is 952. The number of hydrogen-bond donors (Lipinski definition) is 0. The summed E-state index contributed by atoms with van der Waals surface area (Å²) < 4.78 is 2.03. The van der Waals surface area contributed by atoms with Gasteiger partial charge >= 0.3 is 0 Å². The SMILES string of the molecule is CC(C)(C)c1nc(C(=O)N2CCN(c3ncccn3)CC2)c2ccccn12. The number of piperazine rings is 1. The molecule has 0 N–H and O–H groups in total. The first-order valence-electron chi connectivity index (χ1n) is 9.24. The lowest BCUT2D eigenvalue weighted by molar-refractivity contribution is 0.0742. The summed E-state index contributed by atoms with van der Waals surface area (Å²) in [5.74, 6) is 1.60. The third-order valence-electron chi connectivity index (χ3n) is 4.82. The number of amides is 1. The van der Waals surface area contributed by atoms with E-state index in [2.05, 4.69) is 35.6 Å². The predicted molar refractivity (Wildman–Crippen MR) is 104 cm³/mol. The number of anilines is 1. The van der Waals surface area contributed by atoms with E-state index in [-0.39, 0.29) is 11.3 Å². The lowest BCUT2D eigenvalue weighted by atomic mass is 9.96. The van der Waals surface area contributed by atoms with Gasteiger partial charge in [-0.1, -0.05) is 26.8 Å². The molecule has 0 spiro atoms. The Labute approximate surface area is 158 Å². The largest absolute Gasteiger partial charge is 0.337 e. The average molecular weight is 364 g/mol. The smallest absolute Gasteiger partial charge is 0.274 e. The fraction of sp³-hybridized carbons (Fsp3) is 0.400. The number of rotatable bonds is 2. The van der Waals surface area contributed by atoms with Gasteiger partial charge < -0.3 is 14.2 Å². The third-order valence-corrected chi connectivity index (χ3v) is 4.82. The number of imidazole rings is 1. The number of hydrogen-bond acceptors (Lipinski definition) is 5. The minimum absolute atomic E-state index is 0.0113. The Kier molecular flexibility index (Phi) is 4.30. The summed E-state index contributed by atoms with van der Waals surface area (Å²) >= 11 is 0. The van der Waals surface area contributed by atoms with E-state index < -0.39 is 0 Å². The van der Waals surface area contributed by atoms with Crippen molar-refractivity contribution in [3.05, 3.63) is 54.4 Å². The second kappa shape index (κ2) is 6.64. The summed E-state index contributed by atoms with van der Waals surface area (Å²) in [6.45, 7) is 9.04. The summed E-state index contributed by atoms with van der Waals surface area (Å²) in [7, 11) is 0. The van der Waals surface area contributed by atoms with Gasteiger partial charge in [0, 0.05) is 50.2 Å². The van der Waals surface area contributed by atoms with Gasteiger partial charge in [-0.3, -0.25) is 4.79 Å². The molecule has 1 amide bonds. The van der Waals surface area contributed by atoms with Gasteiger partial charge in [0.25, 0.3) is 5.91 Å². The van der Waals surface area contributed by atoms with Gasteiger partial charge in [-0.25, -0.2) is 15.0 Å². The van der Waals surface area contributed by atoms with Crippen LogP contribution in [0.1, 0.15) is 37.1 Å². The highest BCUT2D eigenvalue weighted by Crippen LogP contribution is 2.25. The molecule has 27 heavy (non-hydrogen) atoms. The third kappa shape index (κ3) is 3.25. The van der Waals surface area contributed by atoms with Crippen LogP contribution >= 0.6 is 0 Å². The number of nitrogens with zero attached hydrogens (tertiary/aromatic N) is 6. The van der Waals surface area contributed by atoms with E-state index in [0.29, 0.717) is 37.8 Å². The fourth-order valence-corrected chi connectivity index (χ4v) is 3.44. The van der Waals surface area contributed by atoms with Crippen molar-refractivity contribution < 1.29 is 4.79 Å². The Hall–Kier alpha value is -2.96. The monoisotopic (exact) mass is 364 g/mol. The molecular weight excluding hydrogens is 340 g/mol. The summed E-state index contributed by atoms with van der Waals surface area (Å²) in [5, 5.41) is 0.